The van der Waals surface area contributed by atoms with E-state index in [9.17, 15) is 9.59 Å². The summed E-state index contributed by atoms with van der Waals surface area (Å²) in [6, 6.07) is 3.54. The van der Waals surface area contributed by atoms with Crippen LogP contribution in [0.4, 0.5) is 0 Å². The highest BCUT2D eigenvalue weighted by molar-refractivity contribution is 7.99. The first-order chi connectivity index (χ1) is 9.08. The second kappa shape index (κ2) is 5.70. The molecular formula is C11H12N4O3S. The molecule has 0 radical (unpaired) electrons. The van der Waals surface area contributed by atoms with E-state index in [1.165, 1.54) is 0 Å². The van der Waals surface area contributed by atoms with Gasteiger partial charge in [-0.3, -0.25) is 9.59 Å². The summed E-state index contributed by atoms with van der Waals surface area (Å²) >= 11 is 1.09. The van der Waals surface area contributed by atoms with Crippen LogP contribution in [0.5, 0.6) is 0 Å². The molecule has 8 heteroatoms. The fourth-order valence-corrected chi connectivity index (χ4v) is 2.35. The minimum Gasteiger partial charge on any atom is -0.481 e. The molecule has 7 nitrogen and oxygen atoms in total. The van der Waals surface area contributed by atoms with Gasteiger partial charge in [0.05, 0.1) is 5.75 Å². The molecule has 2 heterocycles. The number of aryl methyl sites for hydroxylation is 1. The van der Waals surface area contributed by atoms with Gasteiger partial charge in [-0.2, -0.15) is 0 Å². The Morgan fingerprint density at radius 1 is 1.47 bits per heavy atom. The lowest BCUT2D eigenvalue weighted by Crippen LogP contribution is -2.14. The van der Waals surface area contributed by atoms with Crippen LogP contribution in [-0.4, -0.2) is 37.3 Å². The standard InChI is InChI=1S/C11H12N4O3S/c12-8(16)3-5-15-10-7(2-1-4-13-10)14-11(15)19-6-9(17)18/h1-2,4H,3,5-6H2,(H2,12,16)(H,17,18). The van der Waals surface area contributed by atoms with Gasteiger partial charge in [0.15, 0.2) is 10.8 Å². The average Bonchev–Trinajstić information content (AvgIpc) is 2.71. The van der Waals surface area contributed by atoms with E-state index in [0.717, 1.165) is 11.8 Å². The van der Waals surface area contributed by atoms with Crippen molar-refractivity contribution in [3.63, 3.8) is 0 Å². The molecule has 0 aliphatic carbocycles. The summed E-state index contributed by atoms with van der Waals surface area (Å²) in [5.41, 5.74) is 6.42. The lowest BCUT2D eigenvalue weighted by molar-refractivity contribution is -0.134. The third kappa shape index (κ3) is 3.22. The van der Waals surface area contributed by atoms with E-state index in [2.05, 4.69) is 9.97 Å². The van der Waals surface area contributed by atoms with E-state index in [-0.39, 0.29) is 12.2 Å². The fourth-order valence-electron chi connectivity index (χ4n) is 1.60. The van der Waals surface area contributed by atoms with E-state index in [1.807, 2.05) is 0 Å². The summed E-state index contributed by atoms with van der Waals surface area (Å²) in [7, 11) is 0. The molecule has 0 aromatic carbocycles. The Kier molecular flexibility index (Phi) is 4.00. The van der Waals surface area contributed by atoms with Crippen LogP contribution in [0.2, 0.25) is 0 Å². The van der Waals surface area contributed by atoms with Crippen molar-refractivity contribution in [1.82, 2.24) is 14.5 Å². The molecule has 1 amide bonds. The zero-order chi connectivity index (χ0) is 13.8. The number of rotatable bonds is 6. The number of carbonyl (C=O) groups excluding carboxylic acids is 1. The Morgan fingerprint density at radius 3 is 2.95 bits per heavy atom. The summed E-state index contributed by atoms with van der Waals surface area (Å²) in [6.45, 7) is 0.338. The number of nitrogens with two attached hydrogens (primary N) is 1. The van der Waals surface area contributed by atoms with Crippen molar-refractivity contribution in [3.05, 3.63) is 18.3 Å². The lowest BCUT2D eigenvalue weighted by atomic mass is 10.4. The van der Waals surface area contributed by atoms with Crippen molar-refractivity contribution >= 4 is 34.8 Å². The van der Waals surface area contributed by atoms with E-state index < -0.39 is 11.9 Å². The van der Waals surface area contributed by atoms with Crippen molar-refractivity contribution in [1.29, 1.82) is 0 Å². The van der Waals surface area contributed by atoms with Crippen molar-refractivity contribution in [3.8, 4) is 0 Å². The largest absolute Gasteiger partial charge is 0.481 e. The Labute approximate surface area is 112 Å². The number of amides is 1. The summed E-state index contributed by atoms with van der Waals surface area (Å²) < 4.78 is 1.72. The molecule has 0 atom stereocenters. The van der Waals surface area contributed by atoms with Gasteiger partial charge >= 0.3 is 5.97 Å². The number of hydrogen-bond donors (Lipinski definition) is 2. The quantitative estimate of drug-likeness (QED) is 0.745. The normalized spacial score (nSPS) is 10.7. The zero-order valence-corrected chi connectivity index (χ0v) is 10.8. The van der Waals surface area contributed by atoms with Gasteiger partial charge in [-0.1, -0.05) is 11.8 Å². The Bertz CT molecular complexity index is 625. The molecule has 0 aliphatic rings. The number of carboxylic acid groups (broad SMARTS) is 1. The minimum atomic E-state index is -0.925. The van der Waals surface area contributed by atoms with Gasteiger partial charge in [0.25, 0.3) is 0 Å². The molecule has 0 aliphatic heterocycles. The summed E-state index contributed by atoms with van der Waals surface area (Å²) in [5.74, 6) is -1.45. The molecule has 0 saturated carbocycles. The highest BCUT2D eigenvalue weighted by atomic mass is 32.2. The van der Waals surface area contributed by atoms with Crippen LogP contribution < -0.4 is 5.73 Å². The minimum absolute atomic E-state index is 0.0973. The number of imidazole rings is 1. The van der Waals surface area contributed by atoms with Crippen molar-refractivity contribution in [2.45, 2.75) is 18.1 Å². The van der Waals surface area contributed by atoms with Crippen molar-refractivity contribution in [2.24, 2.45) is 5.73 Å². The van der Waals surface area contributed by atoms with Crippen molar-refractivity contribution in [2.75, 3.05) is 5.75 Å². The molecule has 0 spiro atoms. The first-order valence-corrected chi connectivity index (χ1v) is 6.50. The number of carboxylic acids is 1. The molecule has 0 saturated heterocycles. The predicted molar refractivity (Wildman–Crippen MR) is 69.7 cm³/mol. The van der Waals surface area contributed by atoms with Crippen LogP contribution in [0, 0.1) is 0 Å². The summed E-state index contributed by atoms with van der Waals surface area (Å²) in [6.07, 6.45) is 1.78. The van der Waals surface area contributed by atoms with Crippen LogP contribution in [0.3, 0.4) is 0 Å². The van der Waals surface area contributed by atoms with Gasteiger partial charge in [0, 0.05) is 19.2 Å². The number of fused-ring (bicyclic) bond motifs is 1. The Hall–Kier alpha value is -2.09. The monoisotopic (exact) mass is 280 g/mol. The molecule has 2 aromatic heterocycles. The number of aliphatic carboxylic acids is 1. The number of thioether (sulfide) groups is 1. The van der Waals surface area contributed by atoms with Gasteiger partial charge in [-0.25, -0.2) is 9.97 Å². The van der Waals surface area contributed by atoms with E-state index in [4.69, 9.17) is 10.8 Å². The highest BCUT2D eigenvalue weighted by Gasteiger charge is 2.13. The number of carbonyl (C=O) groups is 2. The molecule has 0 bridgehead atoms. The SMILES string of the molecule is NC(=O)CCn1c(SCC(=O)O)nc2cccnc21. The van der Waals surface area contributed by atoms with Crippen molar-refractivity contribution < 1.29 is 14.7 Å². The van der Waals surface area contributed by atoms with Crippen LogP contribution in [0.1, 0.15) is 6.42 Å². The Balaban J connectivity index is 2.33. The molecule has 0 fully saturated rings. The maximum atomic E-state index is 10.9. The van der Waals surface area contributed by atoms with Crippen LogP contribution in [-0.2, 0) is 16.1 Å². The summed E-state index contributed by atoms with van der Waals surface area (Å²) in [5, 5.41) is 9.24. The second-order valence-electron chi connectivity index (χ2n) is 3.79. The first kappa shape index (κ1) is 13.3. The summed E-state index contributed by atoms with van der Waals surface area (Å²) in [4.78, 5) is 30.0. The third-order valence-corrected chi connectivity index (χ3v) is 3.34. The molecule has 2 aromatic rings. The maximum absolute atomic E-state index is 10.9. The van der Waals surface area contributed by atoms with E-state index in [0.29, 0.717) is 22.9 Å². The lowest BCUT2D eigenvalue weighted by Gasteiger charge is -2.05. The van der Waals surface area contributed by atoms with Gasteiger partial charge in [-0.05, 0) is 12.1 Å². The average molecular weight is 280 g/mol. The molecule has 19 heavy (non-hydrogen) atoms. The smallest absolute Gasteiger partial charge is 0.313 e. The zero-order valence-electron chi connectivity index (χ0n) is 9.94. The molecule has 100 valence electrons. The van der Waals surface area contributed by atoms with Gasteiger partial charge in [0.2, 0.25) is 5.91 Å². The predicted octanol–water partition coefficient (Wildman–Crippen LogP) is 0.483. The number of aromatic nitrogens is 3. The maximum Gasteiger partial charge on any atom is 0.313 e. The van der Waals surface area contributed by atoms with E-state index in [1.54, 1.807) is 22.9 Å². The number of hydrogen-bond acceptors (Lipinski definition) is 5. The van der Waals surface area contributed by atoms with Gasteiger partial charge < -0.3 is 15.4 Å². The van der Waals surface area contributed by atoms with Crippen LogP contribution in [0.15, 0.2) is 23.5 Å². The number of pyridine rings is 1. The molecule has 2 rings (SSSR count). The molecular weight excluding hydrogens is 268 g/mol. The molecule has 0 unspecified atom stereocenters. The van der Waals surface area contributed by atoms with E-state index >= 15 is 0 Å². The number of nitrogens with zero attached hydrogens (tertiary/aromatic N) is 3. The second-order valence-corrected chi connectivity index (χ2v) is 4.73. The number of primary amides is 1. The topological polar surface area (TPSA) is 111 Å². The van der Waals surface area contributed by atoms with Crippen LogP contribution >= 0.6 is 11.8 Å². The fraction of sp³-hybridized carbons (Fsp3) is 0.273. The van der Waals surface area contributed by atoms with Gasteiger partial charge in [0.1, 0.15) is 5.52 Å². The third-order valence-electron chi connectivity index (χ3n) is 2.38. The van der Waals surface area contributed by atoms with Crippen LogP contribution in [0.25, 0.3) is 11.2 Å². The highest BCUT2D eigenvalue weighted by Crippen LogP contribution is 2.22. The van der Waals surface area contributed by atoms with Gasteiger partial charge in [-0.15, -0.1) is 0 Å². The first-order valence-electron chi connectivity index (χ1n) is 5.52. The molecule has 3 N–H and O–H groups in total. The Morgan fingerprint density at radius 2 is 2.26 bits per heavy atom.